The van der Waals surface area contributed by atoms with Gasteiger partial charge in [0.1, 0.15) is 5.76 Å². The monoisotopic (exact) mass is 410 g/mol. The second-order valence-corrected chi connectivity index (χ2v) is 5.81. The summed E-state index contributed by atoms with van der Waals surface area (Å²) in [7, 11) is 2.92. The minimum atomic E-state index is -1.26. The molecular weight excluding hydrogens is 388 g/mol. The molecule has 0 aliphatic carbocycles. The summed E-state index contributed by atoms with van der Waals surface area (Å²) in [6.45, 7) is 12.6. The van der Waals surface area contributed by atoms with Gasteiger partial charge in [-0.1, -0.05) is 41.7 Å². The van der Waals surface area contributed by atoms with Gasteiger partial charge in [0.25, 0.3) is 0 Å². The largest absolute Gasteiger partial charge is 0.497 e. The van der Waals surface area contributed by atoms with Crippen LogP contribution < -0.4 is 5.32 Å². The highest BCUT2D eigenvalue weighted by molar-refractivity contribution is 9.11. The molecule has 0 aromatic carbocycles. The van der Waals surface area contributed by atoms with Gasteiger partial charge in [-0.25, -0.2) is 9.59 Å². The number of carbonyl (C=O) groups is 2. The maximum absolute atomic E-state index is 12.3. The maximum atomic E-state index is 12.3. The van der Waals surface area contributed by atoms with Crippen LogP contribution in [0.1, 0.15) is 6.92 Å². The minimum Gasteiger partial charge on any atom is -0.497 e. The van der Waals surface area contributed by atoms with E-state index in [-0.39, 0.29) is 0 Å². The van der Waals surface area contributed by atoms with Gasteiger partial charge in [0.15, 0.2) is 6.04 Å². The predicted octanol–water partition coefficient (Wildman–Crippen LogP) is 3.72. The van der Waals surface area contributed by atoms with Crippen LogP contribution in [0.15, 0.2) is 71.6 Å². The maximum Gasteiger partial charge on any atom is 0.330 e. The zero-order valence-electron chi connectivity index (χ0n) is 14.6. The number of amides is 2. The Morgan fingerprint density at radius 2 is 1.92 bits per heavy atom. The van der Waals surface area contributed by atoms with Crippen LogP contribution in [0.2, 0.25) is 0 Å². The summed E-state index contributed by atoms with van der Waals surface area (Å²) < 4.78 is 5.67. The molecule has 0 aromatic rings. The van der Waals surface area contributed by atoms with E-state index >= 15 is 0 Å². The van der Waals surface area contributed by atoms with Crippen LogP contribution in [0.4, 0.5) is 4.79 Å². The molecule has 0 aromatic heterocycles. The molecule has 0 aliphatic heterocycles. The van der Waals surface area contributed by atoms with Crippen molar-refractivity contribution >= 4 is 27.9 Å². The average Bonchev–Trinajstić information content (AvgIpc) is 2.58. The lowest BCUT2D eigenvalue weighted by molar-refractivity contribution is -0.138. The van der Waals surface area contributed by atoms with E-state index in [0.29, 0.717) is 21.5 Å². The molecule has 0 fully saturated rings. The van der Waals surface area contributed by atoms with Crippen LogP contribution in [-0.4, -0.2) is 42.2 Å². The van der Waals surface area contributed by atoms with Crippen molar-refractivity contribution in [1.82, 2.24) is 10.2 Å². The molecule has 0 spiro atoms. The molecule has 1 unspecified atom stereocenters. The first-order valence-corrected chi connectivity index (χ1v) is 7.99. The van der Waals surface area contributed by atoms with Crippen molar-refractivity contribution in [3.8, 4) is 0 Å². The third kappa shape index (κ3) is 7.71. The van der Waals surface area contributed by atoms with E-state index in [2.05, 4.69) is 41.0 Å². The van der Waals surface area contributed by atoms with Gasteiger partial charge >= 0.3 is 12.0 Å². The molecule has 2 amide bonds. The van der Waals surface area contributed by atoms with E-state index in [1.165, 1.54) is 31.2 Å². The van der Waals surface area contributed by atoms with Crippen molar-refractivity contribution in [1.29, 1.82) is 0 Å². The lowest BCUT2D eigenvalue weighted by atomic mass is 10.1. The predicted molar refractivity (Wildman–Crippen MR) is 103 cm³/mol. The van der Waals surface area contributed by atoms with Gasteiger partial charge in [-0.05, 0) is 36.8 Å². The summed E-state index contributed by atoms with van der Waals surface area (Å²) in [5.41, 5.74) is 0.712. The zero-order chi connectivity index (χ0) is 19.6. The molecule has 0 rings (SSSR count). The lowest BCUT2D eigenvalue weighted by Crippen LogP contribution is -2.46. The number of likely N-dealkylation sites (N-methyl/N-ethyl adjacent to an activating group) is 1. The second-order valence-electron chi connectivity index (χ2n) is 4.79. The first-order chi connectivity index (χ1) is 11.7. The highest BCUT2D eigenvalue weighted by Crippen LogP contribution is 2.12. The molecule has 136 valence electrons. The lowest BCUT2D eigenvalue weighted by Gasteiger charge is -2.22. The van der Waals surface area contributed by atoms with Crippen molar-refractivity contribution in [2.45, 2.75) is 13.0 Å². The Kier molecular flexibility index (Phi) is 9.96. The highest BCUT2D eigenvalue weighted by atomic mass is 79.9. The van der Waals surface area contributed by atoms with Crippen molar-refractivity contribution in [2.24, 2.45) is 0 Å². The smallest absolute Gasteiger partial charge is 0.330 e. The van der Waals surface area contributed by atoms with E-state index < -0.39 is 18.0 Å². The Bertz CT molecular complexity index is 647. The topological polar surface area (TPSA) is 78.9 Å². The Morgan fingerprint density at radius 3 is 2.32 bits per heavy atom. The summed E-state index contributed by atoms with van der Waals surface area (Å²) in [4.78, 5) is 25.1. The van der Waals surface area contributed by atoms with Gasteiger partial charge in [-0.3, -0.25) is 4.90 Å². The molecule has 0 radical (unpaired) electrons. The van der Waals surface area contributed by atoms with Crippen LogP contribution in [0, 0.1) is 0 Å². The summed E-state index contributed by atoms with van der Waals surface area (Å²) >= 11 is 3.16. The van der Waals surface area contributed by atoms with Crippen LogP contribution in [0.3, 0.4) is 0 Å². The van der Waals surface area contributed by atoms with Crippen LogP contribution >= 0.6 is 15.9 Å². The van der Waals surface area contributed by atoms with Gasteiger partial charge in [0.2, 0.25) is 0 Å². The van der Waals surface area contributed by atoms with Gasteiger partial charge in [-0.15, -0.1) is 0 Å². The SMILES string of the molecule is C=C/C(=C\C(=C/C)C(NC(=O)N(C)C(=C)/C=C\C(=C)Br)C(=O)O)OC. The summed E-state index contributed by atoms with van der Waals surface area (Å²) in [6, 6.07) is -1.87. The van der Waals surface area contributed by atoms with E-state index in [1.807, 2.05) is 0 Å². The van der Waals surface area contributed by atoms with E-state index in [0.717, 1.165) is 0 Å². The molecule has 0 saturated carbocycles. The van der Waals surface area contributed by atoms with Crippen molar-refractivity contribution in [2.75, 3.05) is 14.2 Å². The fourth-order valence-electron chi connectivity index (χ4n) is 1.64. The number of allylic oxidation sites excluding steroid dienone is 5. The van der Waals surface area contributed by atoms with Crippen LogP contribution in [0.5, 0.6) is 0 Å². The minimum absolute atomic E-state index is 0.348. The van der Waals surface area contributed by atoms with Crippen molar-refractivity contribution in [3.05, 3.63) is 71.6 Å². The van der Waals surface area contributed by atoms with Gasteiger partial charge in [0, 0.05) is 17.2 Å². The normalized spacial score (nSPS) is 13.1. The molecule has 0 saturated heterocycles. The molecule has 0 bridgehead atoms. The Morgan fingerprint density at radius 1 is 1.32 bits per heavy atom. The zero-order valence-corrected chi connectivity index (χ0v) is 16.2. The van der Waals surface area contributed by atoms with Crippen LogP contribution in [-0.2, 0) is 9.53 Å². The molecule has 0 heterocycles. The number of halogens is 1. The third-order valence-electron chi connectivity index (χ3n) is 3.12. The molecule has 2 N–H and O–H groups in total. The van der Waals surface area contributed by atoms with Crippen molar-refractivity contribution in [3.63, 3.8) is 0 Å². The highest BCUT2D eigenvalue weighted by Gasteiger charge is 2.25. The number of nitrogens with one attached hydrogen (secondary N) is 1. The molecular formula is C18H23BrN2O4. The van der Waals surface area contributed by atoms with Gasteiger partial charge < -0.3 is 15.2 Å². The number of carboxylic acids is 1. The number of hydrogen-bond acceptors (Lipinski definition) is 3. The van der Waals surface area contributed by atoms with Gasteiger partial charge in [-0.2, -0.15) is 0 Å². The van der Waals surface area contributed by atoms with E-state index in [9.17, 15) is 14.7 Å². The summed E-state index contributed by atoms with van der Waals surface area (Å²) in [5, 5.41) is 11.9. The number of rotatable bonds is 9. The van der Waals surface area contributed by atoms with Gasteiger partial charge in [0.05, 0.1) is 7.11 Å². The Hall–Kier alpha value is -2.54. The number of urea groups is 1. The first-order valence-electron chi connectivity index (χ1n) is 7.20. The summed E-state index contributed by atoms with van der Waals surface area (Å²) in [6.07, 6.45) is 7.70. The number of carboxylic acid groups (broad SMARTS) is 1. The number of aliphatic carboxylic acids is 1. The number of methoxy groups -OCH3 is 1. The first kappa shape index (κ1) is 22.5. The fourth-order valence-corrected chi connectivity index (χ4v) is 1.77. The fraction of sp³-hybridized carbons (Fsp3) is 0.222. The van der Waals surface area contributed by atoms with E-state index in [1.54, 1.807) is 25.2 Å². The third-order valence-corrected chi connectivity index (χ3v) is 3.38. The number of carbonyl (C=O) groups excluding carboxylic acids is 1. The quantitative estimate of drug-likeness (QED) is 0.448. The standard InChI is InChI=1S/C18H23BrN2O4/c1-7-14(11-15(8-2)25-6)16(17(22)23)20-18(24)21(5)13(4)10-9-12(3)19/h7-11,16H,2-4H2,1,5-6H3,(H,20,24)(H,22,23)/b10-9-,14-7+,15-11+. The molecule has 25 heavy (non-hydrogen) atoms. The molecule has 6 nitrogen and oxygen atoms in total. The Labute approximate surface area is 156 Å². The molecule has 7 heteroatoms. The van der Waals surface area contributed by atoms with Crippen molar-refractivity contribution < 1.29 is 19.4 Å². The van der Waals surface area contributed by atoms with Crippen LogP contribution in [0.25, 0.3) is 0 Å². The molecule has 0 aliphatic rings. The summed E-state index contributed by atoms with van der Waals surface area (Å²) in [5.74, 6) is -0.828. The second kappa shape index (κ2) is 11.1. The number of hydrogen-bond donors (Lipinski definition) is 2. The van der Waals surface area contributed by atoms with E-state index in [4.69, 9.17) is 4.74 Å². The average molecular weight is 411 g/mol. The number of ether oxygens (including phenoxy) is 1. The number of nitrogens with zero attached hydrogens (tertiary/aromatic N) is 1. The molecule has 1 atom stereocenters. The Balaban J connectivity index is 5.38.